The number of nitrogens with zero attached hydrogens (tertiary/aromatic N) is 4. The molecule has 2 aromatic rings. The van der Waals surface area contributed by atoms with Gasteiger partial charge in [-0.3, -0.25) is 14.6 Å². The van der Waals surface area contributed by atoms with Crippen LogP contribution in [0.5, 0.6) is 0 Å². The summed E-state index contributed by atoms with van der Waals surface area (Å²) in [5, 5.41) is 9.04. The van der Waals surface area contributed by atoms with E-state index < -0.39 is 0 Å². The molecule has 114 valence electrons. The van der Waals surface area contributed by atoms with E-state index in [1.54, 1.807) is 24.3 Å². The summed E-state index contributed by atoms with van der Waals surface area (Å²) in [7, 11) is 1.77. The second-order valence-electron chi connectivity index (χ2n) is 5.04. The lowest BCUT2D eigenvalue weighted by atomic mass is 10.1. The summed E-state index contributed by atoms with van der Waals surface area (Å²) in [6.45, 7) is 0.635. The fourth-order valence-electron chi connectivity index (χ4n) is 2.59. The van der Waals surface area contributed by atoms with Crippen LogP contribution in [-0.2, 0) is 0 Å². The normalized spacial score (nSPS) is 17.5. The Kier molecular flexibility index (Phi) is 3.82. The first-order valence-corrected chi connectivity index (χ1v) is 7.05. The number of rotatable bonds is 3. The number of H-pyrrole nitrogens is 1. The Morgan fingerprint density at radius 2 is 2.27 bits per heavy atom. The molecule has 8 nitrogen and oxygen atoms in total. The molecule has 8 heteroatoms. The van der Waals surface area contributed by atoms with Gasteiger partial charge < -0.3 is 10.2 Å². The molecule has 0 unspecified atom stereocenters. The van der Waals surface area contributed by atoms with Gasteiger partial charge in [0, 0.05) is 19.7 Å². The average molecular weight is 300 g/mol. The first kappa shape index (κ1) is 14.2. The molecule has 22 heavy (non-hydrogen) atoms. The van der Waals surface area contributed by atoms with Crippen molar-refractivity contribution in [1.82, 2.24) is 25.1 Å². The number of amides is 1. The lowest BCUT2D eigenvalue weighted by molar-refractivity contribution is 0.0725. The highest BCUT2D eigenvalue weighted by molar-refractivity contribution is 5.92. The minimum atomic E-state index is -0.331. The second-order valence-corrected chi connectivity index (χ2v) is 5.04. The zero-order valence-corrected chi connectivity index (χ0v) is 12.1. The topological polar surface area (TPSA) is 104 Å². The van der Waals surface area contributed by atoms with Gasteiger partial charge in [-0.05, 0) is 18.9 Å². The van der Waals surface area contributed by atoms with E-state index in [9.17, 15) is 9.59 Å². The molecule has 0 saturated carbocycles. The maximum atomic E-state index is 12.6. The summed E-state index contributed by atoms with van der Waals surface area (Å²) < 4.78 is 0. The van der Waals surface area contributed by atoms with Crippen molar-refractivity contribution in [2.75, 3.05) is 18.9 Å². The Balaban J connectivity index is 1.87. The van der Waals surface area contributed by atoms with Gasteiger partial charge in [-0.15, -0.1) is 0 Å². The van der Waals surface area contributed by atoms with Gasteiger partial charge in [0.15, 0.2) is 0 Å². The van der Waals surface area contributed by atoms with E-state index in [4.69, 9.17) is 0 Å². The summed E-state index contributed by atoms with van der Waals surface area (Å²) in [5.41, 5.74) is 0.647. The molecule has 1 aliphatic heterocycles. The van der Waals surface area contributed by atoms with Gasteiger partial charge in [0.25, 0.3) is 11.5 Å². The third-order valence-electron chi connectivity index (χ3n) is 3.66. The second kappa shape index (κ2) is 5.92. The number of nitrogens with one attached hydrogen (secondary N) is 2. The standard InChI is InChI=1S/C14H16N6O2/c1-15-12-8-16-7-10(17-12)11-3-2-6-20(11)14(22)9-4-5-13(21)19-18-9/h4-5,7-8,11H,2-3,6H2,1H3,(H,15,17)(H,19,21)/t11-/m1/s1. The molecular weight excluding hydrogens is 284 g/mol. The molecule has 2 aromatic heterocycles. The minimum Gasteiger partial charge on any atom is -0.372 e. The molecular formula is C14H16N6O2. The predicted octanol–water partition coefficient (Wildman–Crippen LogP) is 0.579. The summed E-state index contributed by atoms with van der Waals surface area (Å²) in [6, 6.07) is 2.61. The van der Waals surface area contributed by atoms with Gasteiger partial charge in [-0.25, -0.2) is 10.1 Å². The predicted molar refractivity (Wildman–Crippen MR) is 79.4 cm³/mol. The van der Waals surface area contributed by atoms with Gasteiger partial charge in [-0.1, -0.05) is 0 Å². The first-order chi connectivity index (χ1) is 10.7. The van der Waals surface area contributed by atoms with Crippen LogP contribution in [0.25, 0.3) is 0 Å². The lowest BCUT2D eigenvalue weighted by Crippen LogP contribution is -2.32. The van der Waals surface area contributed by atoms with E-state index in [1.807, 2.05) is 0 Å². The summed E-state index contributed by atoms with van der Waals surface area (Å²) in [6.07, 6.45) is 5.04. The molecule has 3 heterocycles. The molecule has 0 aliphatic carbocycles. The number of aromatic nitrogens is 4. The number of likely N-dealkylation sites (tertiary alicyclic amines) is 1. The number of hydrogen-bond donors (Lipinski definition) is 2. The first-order valence-electron chi connectivity index (χ1n) is 7.05. The Labute approximate surface area is 126 Å². The Morgan fingerprint density at radius 3 is 3.00 bits per heavy atom. The SMILES string of the molecule is CNc1cncc([C@H]2CCCN2C(=O)c2ccc(=O)[nH]n2)n1. The van der Waals surface area contributed by atoms with Crippen molar-refractivity contribution in [3.63, 3.8) is 0 Å². The molecule has 0 spiro atoms. The average Bonchev–Trinajstić information content (AvgIpc) is 3.04. The fourth-order valence-corrected chi connectivity index (χ4v) is 2.59. The molecule has 0 bridgehead atoms. The van der Waals surface area contributed by atoms with Crippen LogP contribution < -0.4 is 10.9 Å². The van der Waals surface area contributed by atoms with Crippen molar-refractivity contribution in [2.24, 2.45) is 0 Å². The Morgan fingerprint density at radius 1 is 1.41 bits per heavy atom. The van der Waals surface area contributed by atoms with Crippen molar-refractivity contribution >= 4 is 11.7 Å². The Hall–Kier alpha value is -2.77. The lowest BCUT2D eigenvalue weighted by Gasteiger charge is -2.23. The molecule has 0 aromatic carbocycles. The molecule has 2 N–H and O–H groups in total. The minimum absolute atomic E-state index is 0.123. The molecule has 1 fully saturated rings. The quantitative estimate of drug-likeness (QED) is 0.859. The van der Waals surface area contributed by atoms with Crippen LogP contribution in [0, 0.1) is 0 Å². The van der Waals surface area contributed by atoms with Gasteiger partial charge in [0.1, 0.15) is 11.5 Å². The van der Waals surface area contributed by atoms with Crippen molar-refractivity contribution < 1.29 is 4.79 Å². The van der Waals surface area contributed by atoms with Gasteiger partial charge in [-0.2, -0.15) is 5.10 Å². The van der Waals surface area contributed by atoms with Crippen LogP contribution in [0.3, 0.4) is 0 Å². The van der Waals surface area contributed by atoms with E-state index in [0.717, 1.165) is 18.5 Å². The zero-order valence-electron chi connectivity index (χ0n) is 12.1. The molecule has 1 aliphatic rings. The highest BCUT2D eigenvalue weighted by Crippen LogP contribution is 2.31. The third kappa shape index (κ3) is 2.67. The Bertz CT molecular complexity index is 724. The summed E-state index contributed by atoms with van der Waals surface area (Å²) in [5.74, 6) is 0.453. The number of anilines is 1. The number of aromatic amines is 1. The number of carbonyl (C=O) groups is 1. The van der Waals surface area contributed by atoms with E-state index in [2.05, 4.69) is 25.5 Å². The van der Waals surface area contributed by atoms with Crippen molar-refractivity contribution in [1.29, 1.82) is 0 Å². The van der Waals surface area contributed by atoms with E-state index in [-0.39, 0.29) is 23.2 Å². The van der Waals surface area contributed by atoms with Crippen LogP contribution in [-0.4, -0.2) is 44.6 Å². The monoisotopic (exact) mass is 300 g/mol. The molecule has 1 amide bonds. The van der Waals surface area contributed by atoms with Crippen molar-refractivity contribution in [3.8, 4) is 0 Å². The highest BCUT2D eigenvalue weighted by Gasteiger charge is 2.32. The van der Waals surface area contributed by atoms with Gasteiger partial charge in [0.2, 0.25) is 0 Å². The van der Waals surface area contributed by atoms with Crippen molar-refractivity contribution in [3.05, 3.63) is 46.3 Å². The van der Waals surface area contributed by atoms with Crippen LogP contribution >= 0.6 is 0 Å². The summed E-state index contributed by atoms with van der Waals surface area (Å²) >= 11 is 0. The van der Waals surface area contributed by atoms with Crippen LogP contribution in [0.2, 0.25) is 0 Å². The van der Waals surface area contributed by atoms with Gasteiger partial charge in [0.05, 0.1) is 24.1 Å². The molecule has 1 saturated heterocycles. The van der Waals surface area contributed by atoms with E-state index in [0.29, 0.717) is 12.4 Å². The fraction of sp³-hybridized carbons (Fsp3) is 0.357. The largest absolute Gasteiger partial charge is 0.372 e. The highest BCUT2D eigenvalue weighted by atomic mass is 16.2. The van der Waals surface area contributed by atoms with Crippen LogP contribution in [0.1, 0.15) is 35.1 Å². The van der Waals surface area contributed by atoms with E-state index >= 15 is 0 Å². The number of carbonyl (C=O) groups excluding carboxylic acids is 1. The smallest absolute Gasteiger partial charge is 0.274 e. The van der Waals surface area contributed by atoms with Crippen LogP contribution in [0.15, 0.2) is 29.3 Å². The number of hydrogen-bond acceptors (Lipinski definition) is 6. The molecule has 0 radical (unpaired) electrons. The van der Waals surface area contributed by atoms with Gasteiger partial charge >= 0.3 is 0 Å². The maximum Gasteiger partial charge on any atom is 0.274 e. The summed E-state index contributed by atoms with van der Waals surface area (Å²) in [4.78, 5) is 34.0. The van der Waals surface area contributed by atoms with Crippen molar-refractivity contribution in [2.45, 2.75) is 18.9 Å². The molecule has 3 rings (SSSR count). The molecule has 1 atom stereocenters. The van der Waals surface area contributed by atoms with Crippen LogP contribution in [0.4, 0.5) is 5.82 Å². The third-order valence-corrected chi connectivity index (χ3v) is 3.66. The zero-order chi connectivity index (χ0) is 15.5. The maximum absolute atomic E-state index is 12.6. The van der Waals surface area contributed by atoms with E-state index in [1.165, 1.54) is 12.1 Å².